The zero-order chi connectivity index (χ0) is 12.5. The van der Waals surface area contributed by atoms with Crippen LogP contribution < -0.4 is 0 Å². The Bertz CT molecular complexity index is 380. The Labute approximate surface area is 98.0 Å². The van der Waals surface area contributed by atoms with Crippen LogP contribution in [0.25, 0.3) is 0 Å². The molecule has 90 valence electrons. The minimum atomic E-state index is 0.169. The van der Waals surface area contributed by atoms with Crippen LogP contribution in [0, 0.1) is 25.2 Å². The SMILES string of the molecule is Cc1cc(C(=O)CC(C)C(C)(C)C)c(C)o1. The molecule has 0 bridgehead atoms. The lowest BCUT2D eigenvalue weighted by atomic mass is 9.78. The van der Waals surface area contributed by atoms with Crippen LogP contribution in [-0.2, 0) is 0 Å². The van der Waals surface area contributed by atoms with Gasteiger partial charge < -0.3 is 4.42 Å². The predicted molar refractivity (Wildman–Crippen MR) is 65.7 cm³/mol. The fourth-order valence-electron chi connectivity index (χ4n) is 1.60. The van der Waals surface area contributed by atoms with Gasteiger partial charge in [-0.2, -0.15) is 0 Å². The van der Waals surface area contributed by atoms with Crippen LogP contribution in [0.3, 0.4) is 0 Å². The molecule has 16 heavy (non-hydrogen) atoms. The van der Waals surface area contributed by atoms with Crippen molar-refractivity contribution in [2.45, 2.75) is 48.0 Å². The van der Waals surface area contributed by atoms with Crippen molar-refractivity contribution < 1.29 is 9.21 Å². The van der Waals surface area contributed by atoms with Gasteiger partial charge in [0, 0.05) is 6.42 Å². The first-order chi connectivity index (χ1) is 7.21. The highest BCUT2D eigenvalue weighted by Crippen LogP contribution is 2.29. The molecular formula is C14H22O2. The molecule has 1 atom stereocenters. The Morgan fingerprint density at radius 3 is 2.31 bits per heavy atom. The number of hydrogen-bond acceptors (Lipinski definition) is 2. The Kier molecular flexibility index (Phi) is 3.61. The molecule has 0 aliphatic carbocycles. The van der Waals surface area contributed by atoms with Crippen molar-refractivity contribution in [2.24, 2.45) is 11.3 Å². The quantitative estimate of drug-likeness (QED) is 0.719. The molecule has 0 saturated heterocycles. The Morgan fingerprint density at radius 1 is 1.38 bits per heavy atom. The molecule has 2 nitrogen and oxygen atoms in total. The van der Waals surface area contributed by atoms with Gasteiger partial charge in [-0.05, 0) is 31.2 Å². The monoisotopic (exact) mass is 222 g/mol. The lowest BCUT2D eigenvalue weighted by molar-refractivity contribution is 0.0926. The molecule has 1 heterocycles. The highest BCUT2D eigenvalue weighted by Gasteiger charge is 2.24. The van der Waals surface area contributed by atoms with E-state index in [1.807, 2.05) is 19.9 Å². The second-order valence-electron chi connectivity index (χ2n) is 5.72. The molecule has 2 heteroatoms. The number of furan rings is 1. The lowest BCUT2D eigenvalue weighted by Crippen LogP contribution is -2.20. The van der Waals surface area contributed by atoms with Crippen LogP contribution in [0.15, 0.2) is 10.5 Å². The number of carbonyl (C=O) groups excluding carboxylic acids is 1. The van der Waals surface area contributed by atoms with Gasteiger partial charge in [0.25, 0.3) is 0 Å². The van der Waals surface area contributed by atoms with Crippen molar-refractivity contribution >= 4 is 5.78 Å². The summed E-state index contributed by atoms with van der Waals surface area (Å²) in [5.74, 6) is 2.11. The van der Waals surface area contributed by atoms with E-state index in [0.29, 0.717) is 12.3 Å². The topological polar surface area (TPSA) is 30.2 Å². The summed E-state index contributed by atoms with van der Waals surface area (Å²) in [6.45, 7) is 12.3. The third-order valence-corrected chi connectivity index (χ3v) is 3.31. The van der Waals surface area contributed by atoms with Crippen molar-refractivity contribution in [2.75, 3.05) is 0 Å². The van der Waals surface area contributed by atoms with E-state index >= 15 is 0 Å². The second kappa shape index (κ2) is 4.44. The second-order valence-corrected chi connectivity index (χ2v) is 5.72. The summed E-state index contributed by atoms with van der Waals surface area (Å²) >= 11 is 0. The minimum Gasteiger partial charge on any atom is -0.466 e. The van der Waals surface area contributed by atoms with Gasteiger partial charge in [0.2, 0.25) is 0 Å². The number of aryl methyl sites for hydroxylation is 2. The average Bonchev–Trinajstić information content (AvgIpc) is 2.43. The number of rotatable bonds is 3. The van der Waals surface area contributed by atoms with Crippen molar-refractivity contribution in [1.82, 2.24) is 0 Å². The molecule has 0 radical (unpaired) electrons. The van der Waals surface area contributed by atoms with Gasteiger partial charge in [-0.25, -0.2) is 0 Å². The summed E-state index contributed by atoms with van der Waals surface area (Å²) in [5.41, 5.74) is 0.913. The fourth-order valence-corrected chi connectivity index (χ4v) is 1.60. The zero-order valence-corrected chi connectivity index (χ0v) is 11.2. The Balaban J connectivity index is 2.77. The molecule has 0 spiro atoms. The molecular weight excluding hydrogens is 200 g/mol. The summed E-state index contributed by atoms with van der Waals surface area (Å²) in [5, 5.41) is 0. The summed E-state index contributed by atoms with van der Waals surface area (Å²) in [7, 11) is 0. The van der Waals surface area contributed by atoms with Gasteiger partial charge in [-0.15, -0.1) is 0 Å². The standard InChI is InChI=1S/C14H22O2/c1-9(14(4,5)6)7-13(15)12-8-10(2)16-11(12)3/h8-9H,7H2,1-6H3. The van der Waals surface area contributed by atoms with E-state index in [4.69, 9.17) is 4.42 Å². The maximum atomic E-state index is 12.1. The summed E-state index contributed by atoms with van der Waals surface area (Å²) in [4.78, 5) is 12.1. The molecule has 0 aliphatic rings. The van der Waals surface area contributed by atoms with Crippen LogP contribution in [0.1, 0.15) is 56.0 Å². The Morgan fingerprint density at radius 2 is 1.94 bits per heavy atom. The number of ketones is 1. The van der Waals surface area contributed by atoms with E-state index in [0.717, 1.165) is 17.1 Å². The van der Waals surface area contributed by atoms with E-state index < -0.39 is 0 Å². The lowest BCUT2D eigenvalue weighted by Gasteiger charge is -2.26. The molecule has 1 aromatic heterocycles. The first kappa shape index (κ1) is 13.0. The smallest absolute Gasteiger partial charge is 0.166 e. The van der Waals surface area contributed by atoms with Crippen LogP contribution in [0.4, 0.5) is 0 Å². The first-order valence-corrected chi connectivity index (χ1v) is 5.82. The number of hydrogen-bond donors (Lipinski definition) is 0. The van der Waals surface area contributed by atoms with Crippen LogP contribution >= 0.6 is 0 Å². The molecule has 0 amide bonds. The molecule has 1 unspecified atom stereocenters. The summed E-state index contributed by atoms with van der Waals surface area (Å²) < 4.78 is 5.38. The maximum Gasteiger partial charge on any atom is 0.166 e. The fraction of sp³-hybridized carbons (Fsp3) is 0.643. The molecule has 1 aromatic rings. The highest BCUT2D eigenvalue weighted by molar-refractivity contribution is 5.97. The summed E-state index contributed by atoms with van der Waals surface area (Å²) in [6.07, 6.45) is 0.587. The molecule has 1 rings (SSSR count). The normalized spacial score (nSPS) is 13.9. The van der Waals surface area contributed by atoms with Crippen LogP contribution in [0.2, 0.25) is 0 Å². The predicted octanol–water partition coefficient (Wildman–Crippen LogP) is 4.15. The van der Waals surface area contributed by atoms with Crippen molar-refractivity contribution in [3.05, 3.63) is 23.2 Å². The minimum absolute atomic E-state index is 0.169. The first-order valence-electron chi connectivity index (χ1n) is 5.82. The maximum absolute atomic E-state index is 12.1. The third-order valence-electron chi connectivity index (χ3n) is 3.31. The van der Waals surface area contributed by atoms with E-state index in [1.54, 1.807) is 0 Å². The largest absolute Gasteiger partial charge is 0.466 e. The van der Waals surface area contributed by atoms with Gasteiger partial charge in [0.1, 0.15) is 11.5 Å². The van der Waals surface area contributed by atoms with Crippen molar-refractivity contribution in [3.8, 4) is 0 Å². The number of Topliss-reactive ketones (excluding diaryl/α,β-unsaturated/α-hetero) is 1. The number of carbonyl (C=O) groups is 1. The molecule has 0 aliphatic heterocycles. The van der Waals surface area contributed by atoms with E-state index in [-0.39, 0.29) is 11.2 Å². The molecule has 0 aromatic carbocycles. The van der Waals surface area contributed by atoms with E-state index in [9.17, 15) is 4.79 Å². The zero-order valence-electron chi connectivity index (χ0n) is 11.2. The Hall–Kier alpha value is -1.05. The van der Waals surface area contributed by atoms with Crippen LogP contribution in [0.5, 0.6) is 0 Å². The van der Waals surface area contributed by atoms with E-state index in [1.165, 1.54) is 0 Å². The van der Waals surface area contributed by atoms with Crippen LogP contribution in [-0.4, -0.2) is 5.78 Å². The highest BCUT2D eigenvalue weighted by atomic mass is 16.3. The molecule has 0 N–H and O–H groups in total. The molecule has 0 fully saturated rings. The van der Waals surface area contributed by atoms with Gasteiger partial charge in [0.05, 0.1) is 5.56 Å². The van der Waals surface area contributed by atoms with Gasteiger partial charge >= 0.3 is 0 Å². The molecule has 0 saturated carbocycles. The van der Waals surface area contributed by atoms with Gasteiger partial charge in [-0.3, -0.25) is 4.79 Å². The van der Waals surface area contributed by atoms with Gasteiger partial charge in [-0.1, -0.05) is 27.7 Å². The average molecular weight is 222 g/mol. The van der Waals surface area contributed by atoms with Crippen molar-refractivity contribution in [1.29, 1.82) is 0 Å². The summed E-state index contributed by atoms with van der Waals surface area (Å²) in [6, 6.07) is 1.84. The third kappa shape index (κ3) is 2.97. The van der Waals surface area contributed by atoms with Crippen molar-refractivity contribution in [3.63, 3.8) is 0 Å². The van der Waals surface area contributed by atoms with Gasteiger partial charge in [0.15, 0.2) is 5.78 Å². The van der Waals surface area contributed by atoms with E-state index in [2.05, 4.69) is 27.7 Å².